The van der Waals surface area contributed by atoms with Crippen molar-refractivity contribution < 1.29 is 27.5 Å². The number of fused-ring (bicyclic) bond motifs is 3. The van der Waals surface area contributed by atoms with Crippen molar-refractivity contribution in [1.29, 1.82) is 0 Å². The summed E-state index contributed by atoms with van der Waals surface area (Å²) in [6, 6.07) is 13.0. The van der Waals surface area contributed by atoms with Crippen molar-refractivity contribution in [1.82, 2.24) is 4.90 Å². The summed E-state index contributed by atoms with van der Waals surface area (Å²) < 4.78 is 35.2. The molecular formula is C37H55N4O5S+. The Morgan fingerprint density at radius 1 is 1.04 bits per heavy atom. The third-order valence-corrected chi connectivity index (χ3v) is 13.9. The van der Waals surface area contributed by atoms with Crippen molar-refractivity contribution in [3.63, 3.8) is 0 Å². The number of piperazine rings is 3. The maximum Gasteiger partial charge on any atom is 0.411 e. The lowest BCUT2D eigenvalue weighted by Crippen LogP contribution is -2.61. The van der Waals surface area contributed by atoms with Crippen LogP contribution in [0.2, 0.25) is 0 Å². The number of ether oxygens (including phenoxy) is 1. The summed E-state index contributed by atoms with van der Waals surface area (Å²) in [6.07, 6.45) is 5.32. The topological polar surface area (TPSA) is 99.2 Å². The number of amides is 1. The van der Waals surface area contributed by atoms with Crippen LogP contribution in [0.1, 0.15) is 82.3 Å². The van der Waals surface area contributed by atoms with Gasteiger partial charge in [-0.15, -0.1) is 0 Å². The molecular weight excluding hydrogens is 612 g/mol. The lowest BCUT2D eigenvalue weighted by atomic mass is 9.68. The largest absolute Gasteiger partial charge is 0.449 e. The first-order valence-corrected chi connectivity index (χ1v) is 19.5. The van der Waals surface area contributed by atoms with E-state index in [1.54, 1.807) is 6.07 Å². The van der Waals surface area contributed by atoms with Gasteiger partial charge >= 0.3 is 6.09 Å². The van der Waals surface area contributed by atoms with Crippen LogP contribution in [0.25, 0.3) is 0 Å². The highest BCUT2D eigenvalue weighted by Gasteiger charge is 2.72. The molecule has 5 aliphatic heterocycles. The highest BCUT2D eigenvalue weighted by molar-refractivity contribution is 7.91. The summed E-state index contributed by atoms with van der Waals surface area (Å²) in [6.45, 7) is 12.0. The SMILES string of the molecule is CCCCC1(CCCC)CS(=O)(=O)c2ccc(N(C)C)cc2[C@@H](c2cccc(NC(=O)OCCCC34CN5CC[N+]3(CC5)C4)c2)[C@H]1O. The Labute approximate surface area is 281 Å². The molecule has 5 heterocycles. The monoisotopic (exact) mass is 667 g/mol. The fraction of sp³-hybridized carbons (Fsp3) is 0.649. The summed E-state index contributed by atoms with van der Waals surface area (Å²) in [4.78, 5) is 17.8. The second-order valence-electron chi connectivity index (χ2n) is 15.1. The lowest BCUT2D eigenvalue weighted by Gasteiger charge is -2.43. The van der Waals surface area contributed by atoms with Crippen molar-refractivity contribution in [3.8, 4) is 0 Å². The third kappa shape index (κ3) is 6.55. The average Bonchev–Trinajstić information content (AvgIpc) is 3.74. The van der Waals surface area contributed by atoms with Gasteiger partial charge in [0, 0.05) is 56.3 Å². The zero-order valence-electron chi connectivity index (χ0n) is 28.8. The van der Waals surface area contributed by atoms with E-state index in [9.17, 15) is 18.3 Å². The van der Waals surface area contributed by atoms with Gasteiger partial charge in [-0.1, -0.05) is 51.7 Å². The molecule has 2 aromatic rings. The number of hydrogen-bond donors (Lipinski definition) is 2. The maximum absolute atomic E-state index is 14.1. The molecule has 0 aromatic heterocycles. The van der Waals surface area contributed by atoms with Crippen molar-refractivity contribution >= 4 is 27.3 Å². The number of carbonyl (C=O) groups is 1. The molecule has 9 nitrogen and oxygen atoms in total. The predicted octanol–water partition coefficient (Wildman–Crippen LogP) is 5.63. The van der Waals surface area contributed by atoms with E-state index in [4.69, 9.17) is 4.74 Å². The van der Waals surface area contributed by atoms with Crippen LogP contribution in [0, 0.1) is 5.41 Å². The highest BCUT2D eigenvalue weighted by Crippen LogP contribution is 2.52. The van der Waals surface area contributed by atoms with Crippen molar-refractivity contribution in [2.45, 2.75) is 87.7 Å². The molecule has 4 saturated heterocycles. The first kappa shape index (κ1) is 34.2. The first-order valence-electron chi connectivity index (χ1n) is 17.8. The smallest absolute Gasteiger partial charge is 0.411 e. The van der Waals surface area contributed by atoms with Gasteiger partial charge in [0.1, 0.15) is 6.54 Å². The van der Waals surface area contributed by atoms with Gasteiger partial charge in [0.2, 0.25) is 0 Å². The Kier molecular flexibility index (Phi) is 9.70. The van der Waals surface area contributed by atoms with E-state index in [0.29, 0.717) is 41.1 Å². The van der Waals surface area contributed by atoms with Gasteiger partial charge in [-0.25, -0.2) is 13.2 Å². The van der Waals surface area contributed by atoms with E-state index >= 15 is 0 Å². The number of nitrogens with zero attached hydrogens (tertiary/aromatic N) is 3. The molecule has 5 aliphatic rings. The minimum absolute atomic E-state index is 0.0738. The number of unbranched alkanes of at least 4 members (excludes halogenated alkanes) is 2. The van der Waals surface area contributed by atoms with Gasteiger partial charge in [-0.3, -0.25) is 10.2 Å². The van der Waals surface area contributed by atoms with E-state index in [-0.39, 0.29) is 5.75 Å². The van der Waals surface area contributed by atoms with Gasteiger partial charge in [0.25, 0.3) is 0 Å². The summed E-state index contributed by atoms with van der Waals surface area (Å²) >= 11 is 0. The van der Waals surface area contributed by atoms with Crippen molar-refractivity contribution in [2.24, 2.45) is 5.41 Å². The quantitative estimate of drug-likeness (QED) is 0.162. The van der Waals surface area contributed by atoms with Crippen molar-refractivity contribution in [3.05, 3.63) is 53.6 Å². The highest BCUT2D eigenvalue weighted by atomic mass is 32.2. The fourth-order valence-electron chi connectivity index (χ4n) is 9.14. The third-order valence-electron chi connectivity index (χ3n) is 11.9. The van der Waals surface area contributed by atoms with Gasteiger partial charge < -0.3 is 19.2 Å². The molecule has 2 N–H and O–H groups in total. The number of anilines is 2. The lowest BCUT2D eigenvalue weighted by molar-refractivity contribution is -0.846. The molecule has 3 atom stereocenters. The number of quaternary nitrogens is 1. The van der Waals surface area contributed by atoms with Crippen LogP contribution in [-0.2, 0) is 14.6 Å². The molecule has 0 saturated carbocycles. The van der Waals surface area contributed by atoms with E-state index < -0.39 is 33.4 Å². The second kappa shape index (κ2) is 13.3. The number of carbonyl (C=O) groups excluding carboxylic acids is 1. The zero-order valence-corrected chi connectivity index (χ0v) is 29.7. The van der Waals surface area contributed by atoms with Gasteiger partial charge in [-0.05, 0) is 60.7 Å². The predicted molar refractivity (Wildman–Crippen MR) is 187 cm³/mol. The Hall–Kier alpha value is -2.66. The standard InChI is InChI=1S/C37H54N4O5S/c1-5-7-15-36(16-8-6-2)27-47(44,45)32-14-13-30(39(3)4)24-31(32)33(34(36)42)28-11-9-12-29(23-28)38-35(43)46-22-10-17-37-25-40-18-20-41(37,26-37)21-19-40/h9,11-14,23-24,33-34,42H,5-8,10,15-22,25-27H2,1-4H3/p+1/t33-,34-,37?/m1/s1. The summed E-state index contributed by atoms with van der Waals surface area (Å²) in [7, 11) is 0.171. The number of hydrogen-bond acceptors (Lipinski definition) is 7. The summed E-state index contributed by atoms with van der Waals surface area (Å²) in [5, 5.41) is 15.4. The molecule has 4 fully saturated rings. The second-order valence-corrected chi connectivity index (χ2v) is 17.1. The van der Waals surface area contributed by atoms with E-state index in [1.165, 1.54) is 43.8 Å². The molecule has 2 aromatic carbocycles. The van der Waals surface area contributed by atoms with Crippen LogP contribution in [0.3, 0.4) is 0 Å². The van der Waals surface area contributed by atoms with E-state index in [1.807, 2.05) is 55.4 Å². The van der Waals surface area contributed by atoms with Crippen LogP contribution in [0.4, 0.5) is 16.2 Å². The Balaban J connectivity index is 1.23. The Morgan fingerprint density at radius 2 is 1.77 bits per heavy atom. The van der Waals surface area contributed by atoms with Crippen LogP contribution in [0.15, 0.2) is 47.4 Å². The molecule has 7 rings (SSSR count). The number of benzene rings is 2. The van der Waals surface area contributed by atoms with Gasteiger partial charge in [0.15, 0.2) is 15.4 Å². The number of sulfone groups is 1. The van der Waals surface area contributed by atoms with Crippen LogP contribution >= 0.6 is 0 Å². The zero-order chi connectivity index (χ0) is 33.5. The molecule has 0 radical (unpaired) electrons. The fourth-order valence-corrected chi connectivity index (χ4v) is 11.3. The number of aliphatic hydroxyl groups excluding tert-OH is 1. The van der Waals surface area contributed by atoms with Gasteiger partial charge in [0.05, 0.1) is 43.0 Å². The molecule has 2 bridgehead atoms. The molecule has 0 aliphatic carbocycles. The average molecular weight is 668 g/mol. The molecule has 1 spiro atoms. The molecule has 258 valence electrons. The van der Waals surface area contributed by atoms with Crippen LogP contribution in [-0.4, -0.2) is 106 Å². The van der Waals surface area contributed by atoms with Gasteiger partial charge in [-0.2, -0.15) is 0 Å². The summed E-state index contributed by atoms with van der Waals surface area (Å²) in [5.41, 5.74) is 2.42. The molecule has 1 unspecified atom stereocenters. The molecule has 47 heavy (non-hydrogen) atoms. The Morgan fingerprint density at radius 3 is 2.43 bits per heavy atom. The summed E-state index contributed by atoms with van der Waals surface area (Å²) in [5.74, 6) is -0.659. The first-order chi connectivity index (χ1) is 22.5. The number of nitrogens with one attached hydrogen (secondary N) is 1. The van der Waals surface area contributed by atoms with Crippen LogP contribution < -0.4 is 10.2 Å². The minimum atomic E-state index is -3.69. The van der Waals surface area contributed by atoms with E-state index in [2.05, 4.69) is 24.1 Å². The normalized spacial score (nSPS) is 29.7. The Bertz CT molecular complexity index is 1550. The minimum Gasteiger partial charge on any atom is -0.449 e. The molecule has 10 heteroatoms. The number of rotatable bonds is 13. The molecule has 1 amide bonds. The maximum atomic E-state index is 14.1. The van der Waals surface area contributed by atoms with Crippen molar-refractivity contribution in [2.75, 3.05) is 75.9 Å². The van der Waals surface area contributed by atoms with E-state index in [0.717, 1.165) is 49.8 Å². The van der Waals surface area contributed by atoms with Crippen LogP contribution in [0.5, 0.6) is 0 Å². The number of aliphatic hydroxyl groups is 1.